The van der Waals surface area contributed by atoms with Crippen molar-refractivity contribution in [1.29, 1.82) is 0 Å². The molecule has 1 aliphatic heterocycles. The first-order chi connectivity index (χ1) is 13.4. The molecule has 8 nitrogen and oxygen atoms in total. The minimum absolute atomic E-state index is 0.00105. The van der Waals surface area contributed by atoms with Crippen molar-refractivity contribution in [3.63, 3.8) is 0 Å². The number of urea groups is 1. The smallest absolute Gasteiger partial charge is 0.314 e. The van der Waals surface area contributed by atoms with Crippen LogP contribution in [0, 0.1) is 0 Å². The standard InChI is InChI=1S/C19H32N4O2.CH2O2/c1-4-23-12-10-19(11-13-23,22(2)3)15-21-18(25)20-14-17(24)16-8-6-5-7-9-16;2-1-3/h5-9,17,24H,4,10-15H2,1-3H3,(H2,20,21,25);1H,(H,2,3). The Balaban J connectivity index is 0.00000122. The molecule has 1 heterocycles. The van der Waals surface area contributed by atoms with Gasteiger partial charge in [0.05, 0.1) is 6.10 Å². The van der Waals surface area contributed by atoms with E-state index in [0.29, 0.717) is 6.54 Å². The summed E-state index contributed by atoms with van der Waals surface area (Å²) in [6, 6.07) is 9.14. The maximum atomic E-state index is 12.1. The van der Waals surface area contributed by atoms with Crippen LogP contribution in [0.2, 0.25) is 0 Å². The van der Waals surface area contributed by atoms with Crippen LogP contribution in [-0.2, 0) is 4.79 Å². The van der Waals surface area contributed by atoms with Crippen molar-refractivity contribution in [2.45, 2.75) is 31.4 Å². The van der Waals surface area contributed by atoms with Crippen LogP contribution in [0.15, 0.2) is 30.3 Å². The third kappa shape index (κ3) is 7.46. The Morgan fingerprint density at radius 1 is 1.25 bits per heavy atom. The fourth-order valence-electron chi connectivity index (χ4n) is 3.36. The number of rotatable bonds is 7. The van der Waals surface area contributed by atoms with E-state index >= 15 is 0 Å². The first kappa shape index (κ1) is 23.9. The summed E-state index contributed by atoms with van der Waals surface area (Å²) < 4.78 is 0. The van der Waals surface area contributed by atoms with Crippen LogP contribution in [0.25, 0.3) is 0 Å². The first-order valence-corrected chi connectivity index (χ1v) is 9.61. The molecule has 1 aromatic rings. The summed E-state index contributed by atoms with van der Waals surface area (Å²) in [5.41, 5.74) is 0.806. The van der Waals surface area contributed by atoms with Crippen molar-refractivity contribution in [2.75, 3.05) is 46.8 Å². The number of aliphatic hydroxyl groups is 1. The lowest BCUT2D eigenvalue weighted by Crippen LogP contribution is -2.59. The van der Waals surface area contributed by atoms with Gasteiger partial charge in [0.1, 0.15) is 0 Å². The van der Waals surface area contributed by atoms with Crippen molar-refractivity contribution in [2.24, 2.45) is 0 Å². The molecule has 1 unspecified atom stereocenters. The molecule has 0 saturated carbocycles. The number of nitrogens with one attached hydrogen (secondary N) is 2. The monoisotopic (exact) mass is 394 g/mol. The number of hydrogen-bond acceptors (Lipinski definition) is 5. The highest BCUT2D eigenvalue weighted by atomic mass is 16.3. The number of amides is 2. The van der Waals surface area contributed by atoms with Gasteiger partial charge in [-0.25, -0.2) is 4.79 Å². The van der Waals surface area contributed by atoms with E-state index in [2.05, 4.69) is 41.5 Å². The summed E-state index contributed by atoms with van der Waals surface area (Å²) in [6.07, 6.45) is 1.39. The van der Waals surface area contributed by atoms with E-state index in [0.717, 1.165) is 38.0 Å². The molecule has 1 fully saturated rings. The number of carbonyl (C=O) groups excluding carboxylic acids is 1. The van der Waals surface area contributed by atoms with Crippen molar-refractivity contribution >= 4 is 12.5 Å². The number of nitrogens with zero attached hydrogens (tertiary/aromatic N) is 2. The largest absolute Gasteiger partial charge is 0.483 e. The molecule has 1 aliphatic rings. The topological polar surface area (TPSA) is 105 Å². The molecule has 4 N–H and O–H groups in total. The van der Waals surface area contributed by atoms with Gasteiger partial charge in [0.25, 0.3) is 6.47 Å². The normalized spacial score (nSPS) is 17.2. The third-order valence-corrected chi connectivity index (χ3v) is 5.40. The third-order valence-electron chi connectivity index (χ3n) is 5.40. The number of benzene rings is 1. The molecule has 158 valence electrons. The molecule has 0 aliphatic carbocycles. The highest BCUT2D eigenvalue weighted by Crippen LogP contribution is 2.26. The van der Waals surface area contributed by atoms with E-state index in [4.69, 9.17) is 9.90 Å². The average Bonchev–Trinajstić information content (AvgIpc) is 2.72. The summed E-state index contributed by atoms with van der Waals surface area (Å²) in [6.45, 7) is 5.95. The number of likely N-dealkylation sites (tertiary alicyclic amines) is 1. The molecular formula is C20H34N4O4. The molecular weight excluding hydrogens is 360 g/mol. The number of carbonyl (C=O) groups is 2. The molecule has 2 amide bonds. The highest BCUT2D eigenvalue weighted by Gasteiger charge is 2.36. The molecule has 0 aromatic heterocycles. The van der Waals surface area contributed by atoms with Crippen LogP contribution >= 0.6 is 0 Å². The van der Waals surface area contributed by atoms with E-state index in [1.54, 1.807) is 0 Å². The quantitative estimate of drug-likeness (QED) is 0.517. The van der Waals surface area contributed by atoms with Crippen molar-refractivity contribution in [1.82, 2.24) is 20.4 Å². The Hall–Kier alpha value is -2.16. The first-order valence-electron chi connectivity index (χ1n) is 9.61. The highest BCUT2D eigenvalue weighted by molar-refractivity contribution is 5.74. The van der Waals surface area contributed by atoms with Gasteiger partial charge in [0.2, 0.25) is 0 Å². The van der Waals surface area contributed by atoms with Gasteiger partial charge < -0.3 is 30.6 Å². The molecule has 0 bridgehead atoms. The summed E-state index contributed by atoms with van der Waals surface area (Å²) in [7, 11) is 4.17. The summed E-state index contributed by atoms with van der Waals surface area (Å²) in [4.78, 5) is 25.2. The molecule has 28 heavy (non-hydrogen) atoms. The summed E-state index contributed by atoms with van der Waals surface area (Å²) >= 11 is 0. The second-order valence-corrected chi connectivity index (χ2v) is 7.15. The number of aliphatic hydroxyl groups excluding tert-OH is 1. The molecule has 1 saturated heterocycles. The summed E-state index contributed by atoms with van der Waals surface area (Å²) in [5.74, 6) is 0. The zero-order valence-corrected chi connectivity index (χ0v) is 17.1. The lowest BCUT2D eigenvalue weighted by atomic mass is 9.86. The zero-order valence-electron chi connectivity index (χ0n) is 17.1. The SMILES string of the molecule is CCN1CCC(CNC(=O)NCC(O)c2ccccc2)(N(C)C)CC1.O=CO. The van der Waals surface area contributed by atoms with Gasteiger partial charge in [-0.1, -0.05) is 37.3 Å². The molecule has 0 radical (unpaired) electrons. The number of likely N-dealkylation sites (N-methyl/N-ethyl adjacent to an activating group) is 1. The summed E-state index contributed by atoms with van der Waals surface area (Å²) in [5, 5.41) is 22.8. The second kappa shape index (κ2) is 12.3. The minimum Gasteiger partial charge on any atom is -0.483 e. The Kier molecular flexibility index (Phi) is 10.5. The maximum absolute atomic E-state index is 12.1. The molecule has 2 rings (SSSR count). The maximum Gasteiger partial charge on any atom is 0.314 e. The Morgan fingerprint density at radius 2 is 1.82 bits per heavy atom. The van der Waals surface area contributed by atoms with Gasteiger partial charge in [-0.15, -0.1) is 0 Å². The predicted octanol–water partition coefficient (Wildman–Crippen LogP) is 1.14. The van der Waals surface area contributed by atoms with Gasteiger partial charge in [0, 0.05) is 18.6 Å². The average molecular weight is 395 g/mol. The zero-order chi connectivity index (χ0) is 21.0. The van der Waals surface area contributed by atoms with Crippen molar-refractivity contribution in [3.05, 3.63) is 35.9 Å². The van der Waals surface area contributed by atoms with Gasteiger partial charge in [-0.2, -0.15) is 0 Å². The molecule has 8 heteroatoms. The van der Waals surface area contributed by atoms with E-state index in [1.165, 1.54) is 0 Å². The van der Waals surface area contributed by atoms with Gasteiger partial charge >= 0.3 is 6.03 Å². The number of hydrogen-bond donors (Lipinski definition) is 4. The molecule has 1 aromatic carbocycles. The Labute approximate surface area is 167 Å². The van der Waals surface area contributed by atoms with Crippen LogP contribution in [-0.4, -0.2) is 84.9 Å². The van der Waals surface area contributed by atoms with E-state index in [1.807, 2.05) is 30.3 Å². The fourth-order valence-corrected chi connectivity index (χ4v) is 3.36. The second-order valence-electron chi connectivity index (χ2n) is 7.15. The van der Waals surface area contributed by atoms with Crippen LogP contribution in [0.5, 0.6) is 0 Å². The molecule has 1 atom stereocenters. The Bertz CT molecular complexity index is 575. The van der Waals surface area contributed by atoms with Gasteiger partial charge in [-0.3, -0.25) is 4.79 Å². The van der Waals surface area contributed by atoms with Crippen molar-refractivity contribution in [3.8, 4) is 0 Å². The fraction of sp³-hybridized carbons (Fsp3) is 0.600. The lowest BCUT2D eigenvalue weighted by Gasteiger charge is -2.46. The van der Waals surface area contributed by atoms with E-state index in [9.17, 15) is 9.90 Å². The Morgan fingerprint density at radius 3 is 2.32 bits per heavy atom. The van der Waals surface area contributed by atoms with Crippen LogP contribution in [0.4, 0.5) is 4.79 Å². The predicted molar refractivity (Wildman–Crippen MR) is 109 cm³/mol. The number of piperidine rings is 1. The van der Waals surface area contributed by atoms with Gasteiger partial charge in [0.15, 0.2) is 0 Å². The minimum atomic E-state index is -0.692. The van der Waals surface area contributed by atoms with E-state index in [-0.39, 0.29) is 24.6 Å². The van der Waals surface area contributed by atoms with Crippen molar-refractivity contribution < 1.29 is 19.8 Å². The van der Waals surface area contributed by atoms with Crippen LogP contribution < -0.4 is 10.6 Å². The lowest BCUT2D eigenvalue weighted by molar-refractivity contribution is -0.122. The number of carboxylic acid groups (broad SMARTS) is 1. The van der Waals surface area contributed by atoms with Crippen LogP contribution in [0.3, 0.4) is 0 Å². The molecule has 0 spiro atoms. The van der Waals surface area contributed by atoms with Crippen LogP contribution in [0.1, 0.15) is 31.4 Å². The van der Waals surface area contributed by atoms with Gasteiger partial charge in [-0.05, 0) is 52.1 Å². The van der Waals surface area contributed by atoms with E-state index < -0.39 is 6.10 Å².